The van der Waals surface area contributed by atoms with E-state index in [1.807, 2.05) is 39.0 Å². The van der Waals surface area contributed by atoms with Gasteiger partial charge in [-0.15, -0.1) is 0 Å². The first kappa shape index (κ1) is 28.1. The minimum atomic E-state index is -0.580. The third-order valence-corrected chi connectivity index (χ3v) is 8.20. The maximum Gasteiger partial charge on any atom is 0.260 e. The molecule has 5 rings (SSSR count). The normalized spacial score (nSPS) is 21.1. The lowest BCUT2D eigenvalue weighted by atomic mass is 9.91. The molecule has 2 atom stereocenters. The Labute approximate surface area is 236 Å². The first-order chi connectivity index (χ1) is 19.2. The topological polar surface area (TPSA) is 61.9 Å². The van der Waals surface area contributed by atoms with Crippen molar-refractivity contribution in [3.05, 3.63) is 65.5 Å². The summed E-state index contributed by atoms with van der Waals surface area (Å²) in [5, 5.41) is 3.19. The number of carbonyl (C=O) groups is 2. The number of ether oxygens (including phenoxy) is 1. The van der Waals surface area contributed by atoms with Crippen LogP contribution < -0.4 is 15.1 Å². The highest BCUT2D eigenvalue weighted by Gasteiger charge is 2.40. The predicted molar refractivity (Wildman–Crippen MR) is 159 cm³/mol. The molecule has 2 aromatic carbocycles. The van der Waals surface area contributed by atoms with Gasteiger partial charge in [-0.05, 0) is 93.0 Å². The minimum absolute atomic E-state index is 0.0733. The molecule has 2 amide bonds. The largest absolute Gasteiger partial charge is 0.383 e. The Morgan fingerprint density at radius 2 is 1.73 bits per heavy atom. The molecular weight excluding hydrogens is 505 g/mol. The molecule has 2 unspecified atom stereocenters. The molecule has 0 aromatic heterocycles. The first-order valence-electron chi connectivity index (χ1n) is 14.5. The lowest BCUT2D eigenvalue weighted by Crippen LogP contribution is -2.53. The number of anilines is 2. The second-order valence-electron chi connectivity index (χ2n) is 11.6. The van der Waals surface area contributed by atoms with Crippen LogP contribution >= 0.6 is 0 Å². The summed E-state index contributed by atoms with van der Waals surface area (Å²) in [5.41, 5.74) is 6.35. The zero-order valence-corrected chi connectivity index (χ0v) is 24.1. The van der Waals surface area contributed by atoms with Crippen LogP contribution in [0.5, 0.6) is 0 Å². The van der Waals surface area contributed by atoms with Gasteiger partial charge in [0.05, 0.1) is 24.0 Å². The Morgan fingerprint density at radius 3 is 2.45 bits per heavy atom. The quantitative estimate of drug-likeness (QED) is 0.430. The standard InChI is InChI=1S/C33H40FN3O3/c1-20(2)35-22(4)28-16-24(12-14-29(28)34)25-13-15-30-31(17-25)36(18-21(3)37(30)23(5)38)33(39)32-27-11-9-7-6-8-10-26(27)19-40-32/h12-17,20-21,32,35H,4,6-11,18-19H2,1-3,5H3. The Hall–Kier alpha value is -3.45. The number of carbonyl (C=O) groups excluding carboxylic acids is 2. The van der Waals surface area contributed by atoms with Crippen molar-refractivity contribution in [1.82, 2.24) is 5.32 Å². The number of halogens is 1. The molecule has 0 saturated carbocycles. The van der Waals surface area contributed by atoms with Crippen LogP contribution in [0, 0.1) is 5.82 Å². The average Bonchev–Trinajstić information content (AvgIpc) is 3.28. The molecule has 6 nitrogen and oxygen atoms in total. The summed E-state index contributed by atoms with van der Waals surface area (Å²) in [5.74, 6) is -0.501. The maximum atomic E-state index is 14.8. The van der Waals surface area contributed by atoms with E-state index < -0.39 is 6.10 Å². The fourth-order valence-electron chi connectivity index (χ4n) is 6.33. The number of fused-ring (bicyclic) bond motifs is 1. The monoisotopic (exact) mass is 545 g/mol. The van der Waals surface area contributed by atoms with E-state index in [0.717, 1.165) is 42.4 Å². The van der Waals surface area contributed by atoms with Crippen LogP contribution in [-0.2, 0) is 14.3 Å². The van der Waals surface area contributed by atoms with Crippen LogP contribution in [0.25, 0.3) is 16.8 Å². The fraction of sp³-hybridized carbons (Fsp3) is 0.455. The van der Waals surface area contributed by atoms with Crippen molar-refractivity contribution in [3.63, 3.8) is 0 Å². The Balaban J connectivity index is 1.54. The third-order valence-electron chi connectivity index (χ3n) is 8.20. The highest BCUT2D eigenvalue weighted by Crippen LogP contribution is 2.41. The Morgan fingerprint density at radius 1 is 1.02 bits per heavy atom. The molecular formula is C33H40FN3O3. The molecule has 0 bridgehead atoms. The van der Waals surface area contributed by atoms with Crippen LogP contribution in [0.4, 0.5) is 15.8 Å². The summed E-state index contributed by atoms with van der Waals surface area (Å²) in [6.07, 6.45) is 5.93. The predicted octanol–water partition coefficient (Wildman–Crippen LogP) is 6.60. The van der Waals surface area contributed by atoms with Gasteiger partial charge >= 0.3 is 0 Å². The zero-order chi connectivity index (χ0) is 28.6. The van der Waals surface area contributed by atoms with Crippen molar-refractivity contribution >= 4 is 28.9 Å². The summed E-state index contributed by atoms with van der Waals surface area (Å²) in [7, 11) is 0. The van der Waals surface area contributed by atoms with E-state index in [-0.39, 0.29) is 29.7 Å². The van der Waals surface area contributed by atoms with E-state index in [4.69, 9.17) is 4.74 Å². The molecule has 1 aliphatic carbocycles. The summed E-state index contributed by atoms with van der Waals surface area (Å²) in [6.45, 7) is 12.4. The summed E-state index contributed by atoms with van der Waals surface area (Å²) >= 11 is 0. The molecule has 0 spiro atoms. The van der Waals surface area contributed by atoms with Gasteiger partial charge in [0.1, 0.15) is 5.82 Å². The molecule has 3 aliphatic rings. The molecule has 1 N–H and O–H groups in total. The van der Waals surface area contributed by atoms with Crippen molar-refractivity contribution in [3.8, 4) is 11.1 Å². The number of amides is 2. The highest BCUT2D eigenvalue weighted by molar-refractivity contribution is 6.07. The molecule has 7 heteroatoms. The minimum Gasteiger partial charge on any atom is -0.383 e. The molecule has 2 aromatic rings. The second-order valence-corrected chi connectivity index (χ2v) is 11.6. The van der Waals surface area contributed by atoms with Gasteiger partial charge in [0, 0.05) is 30.8 Å². The van der Waals surface area contributed by atoms with Gasteiger partial charge in [-0.3, -0.25) is 9.59 Å². The lowest BCUT2D eigenvalue weighted by Gasteiger charge is -2.41. The lowest BCUT2D eigenvalue weighted by molar-refractivity contribution is -0.126. The molecule has 2 heterocycles. The smallest absolute Gasteiger partial charge is 0.260 e. The fourth-order valence-corrected chi connectivity index (χ4v) is 6.33. The van der Waals surface area contributed by atoms with Gasteiger partial charge < -0.3 is 19.9 Å². The summed E-state index contributed by atoms with van der Waals surface area (Å²) < 4.78 is 20.9. The van der Waals surface area contributed by atoms with Crippen molar-refractivity contribution in [2.24, 2.45) is 0 Å². The van der Waals surface area contributed by atoms with Crippen molar-refractivity contribution in [1.29, 1.82) is 0 Å². The van der Waals surface area contributed by atoms with Gasteiger partial charge in [0.2, 0.25) is 5.91 Å². The van der Waals surface area contributed by atoms with E-state index in [0.29, 0.717) is 35.8 Å². The highest BCUT2D eigenvalue weighted by atomic mass is 19.1. The SMILES string of the molecule is C=C(NC(C)C)c1cc(-c2ccc3c(c2)N(C(=O)C2OCC4=C2CCCCCC4)CC(C)N3C(C)=O)ccc1F. The van der Waals surface area contributed by atoms with Crippen LogP contribution in [0.15, 0.2) is 54.1 Å². The number of hydrogen-bond donors (Lipinski definition) is 1. The summed E-state index contributed by atoms with van der Waals surface area (Å²) in [4.78, 5) is 30.4. The van der Waals surface area contributed by atoms with E-state index in [1.54, 1.807) is 28.9 Å². The van der Waals surface area contributed by atoms with E-state index in [1.165, 1.54) is 24.5 Å². The van der Waals surface area contributed by atoms with Crippen molar-refractivity contribution < 1.29 is 18.7 Å². The second kappa shape index (κ2) is 11.6. The number of benzene rings is 2. The van der Waals surface area contributed by atoms with Crippen LogP contribution in [0.3, 0.4) is 0 Å². The third kappa shape index (κ3) is 5.44. The van der Waals surface area contributed by atoms with E-state index in [2.05, 4.69) is 11.9 Å². The molecule has 212 valence electrons. The van der Waals surface area contributed by atoms with Crippen LogP contribution in [-0.4, -0.2) is 43.2 Å². The number of nitrogens with zero attached hydrogens (tertiary/aromatic N) is 2. The van der Waals surface area contributed by atoms with Crippen molar-refractivity contribution in [2.45, 2.75) is 84.4 Å². The van der Waals surface area contributed by atoms with Gasteiger partial charge in [0.25, 0.3) is 5.91 Å². The number of rotatable bonds is 5. The van der Waals surface area contributed by atoms with E-state index in [9.17, 15) is 14.0 Å². The zero-order valence-electron chi connectivity index (χ0n) is 24.1. The van der Waals surface area contributed by atoms with Crippen molar-refractivity contribution in [2.75, 3.05) is 23.0 Å². The maximum absolute atomic E-state index is 14.8. The number of hydrogen-bond acceptors (Lipinski definition) is 4. The molecule has 0 fully saturated rings. The molecule has 0 radical (unpaired) electrons. The van der Waals surface area contributed by atoms with E-state index >= 15 is 0 Å². The molecule has 0 saturated heterocycles. The Kier molecular flexibility index (Phi) is 8.13. The van der Waals surface area contributed by atoms with Crippen LogP contribution in [0.2, 0.25) is 0 Å². The molecule has 2 aliphatic heterocycles. The van der Waals surface area contributed by atoms with Gasteiger partial charge in [-0.2, -0.15) is 0 Å². The van der Waals surface area contributed by atoms with Gasteiger partial charge in [-0.1, -0.05) is 31.6 Å². The average molecular weight is 546 g/mol. The van der Waals surface area contributed by atoms with Gasteiger partial charge in [-0.25, -0.2) is 4.39 Å². The van der Waals surface area contributed by atoms with Crippen LogP contribution in [0.1, 0.15) is 71.8 Å². The van der Waals surface area contributed by atoms with Gasteiger partial charge in [0.15, 0.2) is 6.10 Å². The summed E-state index contributed by atoms with van der Waals surface area (Å²) in [6, 6.07) is 10.6. The Bertz CT molecular complexity index is 1360. The number of nitrogens with one attached hydrogen (secondary N) is 1. The molecule has 40 heavy (non-hydrogen) atoms. The first-order valence-corrected chi connectivity index (χ1v) is 14.5.